The van der Waals surface area contributed by atoms with Gasteiger partial charge in [-0.3, -0.25) is 0 Å². The summed E-state index contributed by atoms with van der Waals surface area (Å²) in [7, 11) is 0. The third-order valence-electron chi connectivity index (χ3n) is 8.81. The molecule has 0 bridgehead atoms. The maximum atomic E-state index is 3.82. The van der Waals surface area contributed by atoms with Gasteiger partial charge in [-0.15, -0.1) is 0 Å². The van der Waals surface area contributed by atoms with Crippen LogP contribution >= 0.6 is 65.9 Å². The maximum absolute atomic E-state index is 3.82. The van der Waals surface area contributed by atoms with Crippen molar-refractivity contribution in [2.75, 3.05) is 0 Å². The van der Waals surface area contributed by atoms with Crippen molar-refractivity contribution in [3.8, 4) is 19.1 Å². The van der Waals surface area contributed by atoms with Crippen molar-refractivity contribution >= 4 is 89.3 Å². The van der Waals surface area contributed by atoms with Crippen LogP contribution in [0.15, 0.2) is 31.8 Å². The molecular formula is C38H54Br2S3Se. The Morgan fingerprint density at radius 3 is 1.41 bits per heavy atom. The number of hydrogen-bond donors (Lipinski definition) is 0. The molecule has 0 fully saturated rings. The molecule has 0 aliphatic carbocycles. The number of aryl methyl sites for hydroxylation is 2. The topological polar surface area (TPSA) is 0 Å². The van der Waals surface area contributed by atoms with Gasteiger partial charge in [0.05, 0.1) is 0 Å². The van der Waals surface area contributed by atoms with Crippen LogP contribution in [-0.4, -0.2) is 14.5 Å². The molecule has 0 aromatic carbocycles. The SMILES string of the molecule is CCCCCCCCCCCCc1cc(Br)sc1-c1cc2[se]c(-c3sc(Br)cc3CCCCCCCCCCCC)cc2s1. The fraction of sp³-hybridized carbons (Fsp3) is 0.632. The van der Waals surface area contributed by atoms with Gasteiger partial charge in [0.2, 0.25) is 0 Å². The second kappa shape index (κ2) is 21.3. The van der Waals surface area contributed by atoms with Crippen LogP contribution in [0.5, 0.6) is 0 Å². The number of fused-ring (bicyclic) bond motifs is 1. The summed E-state index contributed by atoms with van der Waals surface area (Å²) in [5, 5.41) is 0. The van der Waals surface area contributed by atoms with E-state index in [-0.39, 0.29) is 0 Å². The number of hydrogen-bond acceptors (Lipinski definition) is 3. The standard InChI is InChI=1S/C38H54Br2S3Se/c1-3-5-7-9-11-13-15-17-19-21-23-29-25-35(39)42-37(29)32-28-33-31(41-32)27-34(44-33)38-30(26-36(40)43-38)24-22-20-18-16-14-12-10-8-6-4-2/h25-28H,3-24H2,1-2H3. The van der Waals surface area contributed by atoms with Gasteiger partial charge in [0, 0.05) is 0 Å². The van der Waals surface area contributed by atoms with Crippen LogP contribution in [0.1, 0.15) is 153 Å². The van der Waals surface area contributed by atoms with Crippen molar-refractivity contribution in [1.29, 1.82) is 0 Å². The Balaban J connectivity index is 1.25. The van der Waals surface area contributed by atoms with E-state index in [1.807, 2.05) is 34.0 Å². The van der Waals surface area contributed by atoms with Crippen LogP contribution in [-0.2, 0) is 12.8 Å². The first-order valence-electron chi connectivity index (χ1n) is 17.7. The molecule has 0 aliphatic rings. The molecule has 44 heavy (non-hydrogen) atoms. The molecule has 244 valence electrons. The van der Waals surface area contributed by atoms with Crippen molar-refractivity contribution < 1.29 is 0 Å². The van der Waals surface area contributed by atoms with E-state index in [1.54, 1.807) is 24.7 Å². The van der Waals surface area contributed by atoms with Crippen LogP contribution in [0.25, 0.3) is 28.0 Å². The van der Waals surface area contributed by atoms with Gasteiger partial charge in [0.1, 0.15) is 0 Å². The second-order valence-electron chi connectivity index (χ2n) is 12.6. The van der Waals surface area contributed by atoms with E-state index in [0.717, 1.165) is 0 Å². The van der Waals surface area contributed by atoms with Gasteiger partial charge in [0.25, 0.3) is 0 Å². The molecule has 0 saturated heterocycles. The first-order valence-corrected chi connectivity index (χ1v) is 23.4. The Kier molecular flexibility index (Phi) is 18.0. The summed E-state index contributed by atoms with van der Waals surface area (Å²) in [6.45, 7) is 4.60. The minimum atomic E-state index is 0.409. The Labute approximate surface area is 303 Å². The van der Waals surface area contributed by atoms with Crippen molar-refractivity contribution in [2.45, 2.75) is 155 Å². The molecule has 4 aromatic rings. The van der Waals surface area contributed by atoms with Crippen molar-refractivity contribution in [1.82, 2.24) is 0 Å². The fourth-order valence-corrected chi connectivity index (χ4v) is 14.0. The van der Waals surface area contributed by atoms with Gasteiger partial charge in [-0.05, 0) is 0 Å². The first kappa shape index (κ1) is 37.1. The summed E-state index contributed by atoms with van der Waals surface area (Å²) in [6, 6.07) is 9.88. The Bertz CT molecular complexity index is 1210. The Morgan fingerprint density at radius 2 is 0.932 bits per heavy atom. The zero-order valence-electron chi connectivity index (χ0n) is 27.3. The number of rotatable bonds is 24. The van der Waals surface area contributed by atoms with Crippen LogP contribution in [0.4, 0.5) is 0 Å². The van der Waals surface area contributed by atoms with Gasteiger partial charge in [-0.25, -0.2) is 0 Å². The van der Waals surface area contributed by atoms with Crippen LogP contribution in [0.2, 0.25) is 0 Å². The molecule has 4 rings (SSSR count). The molecule has 0 spiro atoms. The van der Waals surface area contributed by atoms with E-state index in [2.05, 4.69) is 70.0 Å². The fourth-order valence-electron chi connectivity index (χ4n) is 6.24. The predicted octanol–water partition coefficient (Wildman–Crippen LogP) is 15.9. The Hall–Kier alpha value is 0.319. The third kappa shape index (κ3) is 12.4. The summed E-state index contributed by atoms with van der Waals surface area (Å²) in [4.78, 5) is 4.56. The predicted molar refractivity (Wildman–Crippen MR) is 212 cm³/mol. The zero-order valence-corrected chi connectivity index (χ0v) is 34.6. The van der Waals surface area contributed by atoms with Crippen molar-refractivity contribution in [3.63, 3.8) is 0 Å². The molecule has 0 atom stereocenters. The number of halogens is 2. The Morgan fingerprint density at radius 1 is 0.500 bits per heavy atom. The molecule has 0 aliphatic heterocycles. The molecule has 0 radical (unpaired) electrons. The van der Waals surface area contributed by atoms with Gasteiger partial charge >= 0.3 is 254 Å². The summed E-state index contributed by atoms with van der Waals surface area (Å²) < 4.78 is 7.28. The number of unbranched alkanes of at least 4 members (excludes halogenated alkanes) is 18. The monoisotopic (exact) mass is 844 g/mol. The van der Waals surface area contributed by atoms with Crippen LogP contribution in [0, 0.1) is 0 Å². The normalized spacial score (nSPS) is 11.8. The summed E-state index contributed by atoms with van der Waals surface area (Å²) in [5.74, 6) is 0. The van der Waals surface area contributed by atoms with E-state index < -0.39 is 0 Å². The molecule has 0 amide bonds. The second-order valence-corrected chi connectivity index (χ2v) is 20.8. The zero-order chi connectivity index (χ0) is 31.0. The molecule has 4 heterocycles. The molecule has 0 unspecified atom stereocenters. The van der Waals surface area contributed by atoms with E-state index >= 15 is 0 Å². The van der Waals surface area contributed by atoms with Crippen molar-refractivity contribution in [2.24, 2.45) is 0 Å². The summed E-state index contributed by atoms with van der Waals surface area (Å²) >= 11 is 14.0. The molecular weight excluding hydrogens is 791 g/mol. The van der Waals surface area contributed by atoms with E-state index in [9.17, 15) is 0 Å². The van der Waals surface area contributed by atoms with Gasteiger partial charge in [-0.1, -0.05) is 52.4 Å². The van der Waals surface area contributed by atoms with Gasteiger partial charge in [-0.2, -0.15) is 0 Å². The quantitative estimate of drug-likeness (QED) is 0.0487. The average molecular weight is 846 g/mol. The molecule has 0 nitrogen and oxygen atoms in total. The van der Waals surface area contributed by atoms with Crippen molar-refractivity contribution in [3.05, 3.63) is 43.0 Å². The molecule has 0 saturated carbocycles. The van der Waals surface area contributed by atoms with Gasteiger partial charge < -0.3 is 0 Å². The van der Waals surface area contributed by atoms with Gasteiger partial charge in [0.15, 0.2) is 0 Å². The van der Waals surface area contributed by atoms with E-state index in [1.165, 1.54) is 163 Å². The molecule has 6 heteroatoms. The van der Waals surface area contributed by atoms with E-state index in [0.29, 0.717) is 14.5 Å². The minimum absolute atomic E-state index is 0.409. The number of thiophene rings is 3. The molecule has 4 aromatic heterocycles. The average Bonchev–Trinajstić information content (AvgIpc) is 3.77. The van der Waals surface area contributed by atoms with Crippen LogP contribution in [0.3, 0.4) is 0 Å². The first-order chi connectivity index (χ1) is 21.6. The molecule has 0 N–H and O–H groups in total. The van der Waals surface area contributed by atoms with E-state index in [4.69, 9.17) is 0 Å². The van der Waals surface area contributed by atoms with Crippen LogP contribution < -0.4 is 0 Å². The summed E-state index contributed by atoms with van der Waals surface area (Å²) in [5.41, 5.74) is 3.13. The third-order valence-corrected chi connectivity index (χ3v) is 16.4. The summed E-state index contributed by atoms with van der Waals surface area (Å²) in [6.07, 6.45) is 30.5.